The fraction of sp³-hybridized carbons (Fsp3) is 0.278. The SMILES string of the molecule is COC(=O)C1C(c2ccc(Br)cc2)C1c1cccc(C)c1. The summed E-state index contributed by atoms with van der Waals surface area (Å²) in [6.45, 7) is 2.08. The molecule has 2 aromatic carbocycles. The molecule has 0 N–H and O–H groups in total. The summed E-state index contributed by atoms with van der Waals surface area (Å²) in [4.78, 5) is 12.1. The highest BCUT2D eigenvalue weighted by atomic mass is 79.9. The number of ether oxygens (including phenoxy) is 1. The minimum absolute atomic E-state index is 0.0713. The molecule has 0 heterocycles. The topological polar surface area (TPSA) is 26.3 Å². The minimum atomic E-state index is -0.116. The number of hydrogen-bond donors (Lipinski definition) is 0. The molecule has 3 heteroatoms. The molecule has 0 bridgehead atoms. The minimum Gasteiger partial charge on any atom is -0.469 e. The number of carbonyl (C=O) groups excluding carboxylic acids is 1. The van der Waals surface area contributed by atoms with Gasteiger partial charge in [0.05, 0.1) is 13.0 Å². The van der Waals surface area contributed by atoms with Crippen LogP contribution in [-0.2, 0) is 9.53 Å². The molecule has 3 rings (SSSR count). The van der Waals surface area contributed by atoms with Crippen LogP contribution in [0, 0.1) is 12.8 Å². The third-order valence-corrected chi connectivity index (χ3v) is 4.70. The average molecular weight is 345 g/mol. The van der Waals surface area contributed by atoms with Crippen molar-refractivity contribution >= 4 is 21.9 Å². The highest BCUT2D eigenvalue weighted by molar-refractivity contribution is 9.10. The molecule has 0 amide bonds. The van der Waals surface area contributed by atoms with Gasteiger partial charge in [0, 0.05) is 16.3 Å². The van der Waals surface area contributed by atoms with Gasteiger partial charge in [0.2, 0.25) is 0 Å². The van der Waals surface area contributed by atoms with Gasteiger partial charge in [-0.15, -0.1) is 0 Å². The first-order valence-corrected chi connectivity index (χ1v) is 7.81. The molecule has 108 valence electrons. The van der Waals surface area contributed by atoms with Crippen molar-refractivity contribution in [3.05, 3.63) is 69.7 Å². The average Bonchev–Trinajstić information content (AvgIpc) is 3.22. The standard InChI is InChI=1S/C18H17BrO2/c1-11-4-3-5-13(10-11)16-15(17(16)18(20)21-2)12-6-8-14(19)9-7-12/h3-10,15-17H,1-2H3. The van der Waals surface area contributed by atoms with Crippen LogP contribution in [-0.4, -0.2) is 13.1 Å². The monoisotopic (exact) mass is 344 g/mol. The number of esters is 1. The molecule has 21 heavy (non-hydrogen) atoms. The fourth-order valence-corrected chi connectivity index (χ4v) is 3.40. The summed E-state index contributed by atoms with van der Waals surface area (Å²) in [5.41, 5.74) is 3.64. The van der Waals surface area contributed by atoms with Crippen molar-refractivity contribution in [3.63, 3.8) is 0 Å². The van der Waals surface area contributed by atoms with E-state index in [0.717, 1.165) is 4.47 Å². The lowest BCUT2D eigenvalue weighted by molar-refractivity contribution is -0.142. The van der Waals surface area contributed by atoms with E-state index in [1.807, 2.05) is 12.1 Å². The van der Waals surface area contributed by atoms with Crippen LogP contribution in [0.15, 0.2) is 53.0 Å². The number of benzene rings is 2. The molecule has 3 unspecified atom stereocenters. The molecule has 1 saturated carbocycles. The number of carbonyl (C=O) groups is 1. The number of hydrogen-bond acceptors (Lipinski definition) is 2. The molecular formula is C18H17BrO2. The van der Waals surface area contributed by atoms with Gasteiger partial charge in [-0.05, 0) is 30.2 Å². The van der Waals surface area contributed by atoms with Crippen LogP contribution in [0.5, 0.6) is 0 Å². The molecule has 0 saturated heterocycles. The Labute approximate surface area is 133 Å². The molecule has 2 nitrogen and oxygen atoms in total. The van der Waals surface area contributed by atoms with Gasteiger partial charge in [-0.1, -0.05) is 57.9 Å². The predicted molar refractivity (Wildman–Crippen MR) is 86.3 cm³/mol. The largest absolute Gasteiger partial charge is 0.469 e. The maximum Gasteiger partial charge on any atom is 0.309 e. The summed E-state index contributed by atoms with van der Waals surface area (Å²) in [5, 5.41) is 0. The third-order valence-electron chi connectivity index (χ3n) is 4.18. The first kappa shape index (κ1) is 14.3. The molecule has 1 aliphatic carbocycles. The van der Waals surface area contributed by atoms with Gasteiger partial charge in [-0.25, -0.2) is 0 Å². The van der Waals surface area contributed by atoms with E-state index in [2.05, 4.69) is 59.3 Å². The molecule has 0 radical (unpaired) electrons. The van der Waals surface area contributed by atoms with Gasteiger partial charge >= 0.3 is 5.97 Å². The molecule has 3 atom stereocenters. The Morgan fingerprint density at radius 3 is 2.33 bits per heavy atom. The normalized spacial score (nSPS) is 23.7. The number of aryl methyl sites for hydroxylation is 1. The Bertz CT molecular complexity index is 663. The van der Waals surface area contributed by atoms with E-state index in [1.54, 1.807) is 0 Å². The predicted octanol–water partition coefficient (Wildman–Crippen LogP) is 4.43. The first-order valence-electron chi connectivity index (χ1n) is 7.01. The maximum absolute atomic E-state index is 12.1. The quantitative estimate of drug-likeness (QED) is 0.770. The van der Waals surface area contributed by atoms with Gasteiger partial charge < -0.3 is 4.74 Å². The molecule has 1 fully saturated rings. The second kappa shape index (κ2) is 5.64. The van der Waals surface area contributed by atoms with E-state index in [4.69, 9.17) is 4.74 Å². The lowest BCUT2D eigenvalue weighted by atomic mass is 10.0. The lowest BCUT2D eigenvalue weighted by Gasteiger charge is -2.02. The first-order chi connectivity index (χ1) is 10.1. The van der Waals surface area contributed by atoms with Crippen molar-refractivity contribution in [2.24, 2.45) is 5.92 Å². The molecule has 1 aliphatic rings. The smallest absolute Gasteiger partial charge is 0.309 e. The Morgan fingerprint density at radius 1 is 1.05 bits per heavy atom. The van der Waals surface area contributed by atoms with Crippen LogP contribution < -0.4 is 0 Å². The van der Waals surface area contributed by atoms with Gasteiger partial charge in [0.25, 0.3) is 0 Å². The molecule has 0 aromatic heterocycles. The highest BCUT2D eigenvalue weighted by Crippen LogP contribution is 2.61. The van der Waals surface area contributed by atoms with Crippen molar-refractivity contribution in [1.82, 2.24) is 0 Å². The van der Waals surface area contributed by atoms with Crippen molar-refractivity contribution in [1.29, 1.82) is 0 Å². The van der Waals surface area contributed by atoms with E-state index < -0.39 is 0 Å². The molecular weight excluding hydrogens is 328 g/mol. The zero-order chi connectivity index (χ0) is 15.0. The fourth-order valence-electron chi connectivity index (χ4n) is 3.13. The Morgan fingerprint density at radius 2 is 1.71 bits per heavy atom. The van der Waals surface area contributed by atoms with Gasteiger partial charge in [0.1, 0.15) is 0 Å². The summed E-state index contributed by atoms with van der Waals surface area (Å²) in [7, 11) is 1.46. The number of methoxy groups -OCH3 is 1. The van der Waals surface area contributed by atoms with Gasteiger partial charge in [-0.2, -0.15) is 0 Å². The zero-order valence-electron chi connectivity index (χ0n) is 12.0. The van der Waals surface area contributed by atoms with E-state index in [0.29, 0.717) is 0 Å². The zero-order valence-corrected chi connectivity index (χ0v) is 13.6. The van der Waals surface area contributed by atoms with Crippen molar-refractivity contribution in [3.8, 4) is 0 Å². The van der Waals surface area contributed by atoms with Crippen molar-refractivity contribution < 1.29 is 9.53 Å². The van der Waals surface area contributed by atoms with Crippen LogP contribution in [0.1, 0.15) is 28.5 Å². The van der Waals surface area contributed by atoms with Gasteiger partial charge in [-0.3, -0.25) is 4.79 Å². The lowest BCUT2D eigenvalue weighted by Crippen LogP contribution is -2.05. The summed E-state index contributed by atoms with van der Waals surface area (Å²) >= 11 is 3.45. The van der Waals surface area contributed by atoms with Crippen LogP contribution in [0.2, 0.25) is 0 Å². The van der Waals surface area contributed by atoms with E-state index >= 15 is 0 Å². The summed E-state index contributed by atoms with van der Waals surface area (Å²) < 4.78 is 6.03. The molecule has 0 spiro atoms. The molecule has 0 aliphatic heterocycles. The summed E-state index contributed by atoms with van der Waals surface area (Å²) in [6.07, 6.45) is 0. The Balaban J connectivity index is 1.94. The maximum atomic E-state index is 12.1. The van der Waals surface area contributed by atoms with Crippen molar-refractivity contribution in [2.45, 2.75) is 18.8 Å². The molecule has 2 aromatic rings. The highest BCUT2D eigenvalue weighted by Gasteiger charge is 2.56. The Kier molecular flexibility index (Phi) is 3.85. The van der Waals surface area contributed by atoms with Crippen molar-refractivity contribution in [2.75, 3.05) is 7.11 Å². The summed E-state index contributed by atoms with van der Waals surface area (Å²) in [6, 6.07) is 16.6. The van der Waals surface area contributed by atoms with Gasteiger partial charge in [0.15, 0.2) is 0 Å². The van der Waals surface area contributed by atoms with Crippen LogP contribution >= 0.6 is 15.9 Å². The van der Waals surface area contributed by atoms with E-state index in [1.165, 1.54) is 23.8 Å². The summed E-state index contributed by atoms with van der Waals surface area (Å²) in [5.74, 6) is 0.248. The van der Waals surface area contributed by atoms with Crippen LogP contribution in [0.4, 0.5) is 0 Å². The number of rotatable bonds is 3. The van der Waals surface area contributed by atoms with E-state index in [-0.39, 0.29) is 23.7 Å². The Hall–Kier alpha value is -1.61. The second-order valence-electron chi connectivity index (χ2n) is 5.57. The van der Waals surface area contributed by atoms with Crippen LogP contribution in [0.25, 0.3) is 0 Å². The second-order valence-corrected chi connectivity index (χ2v) is 6.48. The third kappa shape index (κ3) is 2.75. The number of halogens is 1. The van der Waals surface area contributed by atoms with Crippen LogP contribution in [0.3, 0.4) is 0 Å². The van der Waals surface area contributed by atoms with E-state index in [9.17, 15) is 4.79 Å².